The first-order chi connectivity index (χ1) is 16.1. The van der Waals surface area contributed by atoms with E-state index in [0.717, 1.165) is 11.1 Å². The third-order valence-electron chi connectivity index (χ3n) is 4.71. The van der Waals surface area contributed by atoms with Crippen LogP contribution in [0.4, 0.5) is 10.1 Å². The van der Waals surface area contributed by atoms with Crippen molar-refractivity contribution in [1.29, 1.82) is 5.26 Å². The highest BCUT2D eigenvalue weighted by Gasteiger charge is 2.24. The van der Waals surface area contributed by atoms with Gasteiger partial charge >= 0.3 is 0 Å². The standard InChI is InChI=1S/C25H18FN3O3S/c1-31-22-12-16(6-11-21(22)32-15-18-5-3-2-4-17(18)14-27)13-23-24(30)29-25(33-23)28-20-9-7-19(26)8-10-20/h2-13H,15H2,1H3,(H,28,29,30)/b23-13+. The molecule has 1 N–H and O–H groups in total. The normalized spacial score (nSPS) is 15.4. The molecule has 1 amide bonds. The molecular formula is C25H18FN3O3S. The highest BCUT2D eigenvalue weighted by molar-refractivity contribution is 8.18. The van der Waals surface area contributed by atoms with E-state index in [4.69, 9.17) is 9.47 Å². The summed E-state index contributed by atoms with van der Waals surface area (Å²) in [5, 5.41) is 12.4. The number of hydrogen-bond donors (Lipinski definition) is 1. The molecule has 3 aromatic rings. The zero-order chi connectivity index (χ0) is 23.2. The van der Waals surface area contributed by atoms with Crippen LogP contribution in [0.15, 0.2) is 76.6 Å². The van der Waals surface area contributed by atoms with Crippen LogP contribution in [0.25, 0.3) is 6.08 Å². The Morgan fingerprint density at radius 1 is 1.12 bits per heavy atom. The van der Waals surface area contributed by atoms with Gasteiger partial charge in [0.1, 0.15) is 12.4 Å². The Kier molecular flexibility index (Phi) is 6.72. The predicted octanol–water partition coefficient (Wildman–Crippen LogP) is 5.18. The average molecular weight is 460 g/mol. The van der Waals surface area contributed by atoms with Gasteiger partial charge in [0.2, 0.25) is 0 Å². The number of thioether (sulfide) groups is 1. The van der Waals surface area contributed by atoms with Crippen LogP contribution in [0, 0.1) is 17.1 Å². The number of ether oxygens (including phenoxy) is 2. The molecular weight excluding hydrogens is 441 g/mol. The molecule has 0 unspecified atom stereocenters. The third-order valence-corrected chi connectivity index (χ3v) is 5.62. The fourth-order valence-corrected chi connectivity index (χ4v) is 3.91. The zero-order valence-corrected chi connectivity index (χ0v) is 18.4. The van der Waals surface area contributed by atoms with Crippen LogP contribution in [0.5, 0.6) is 11.5 Å². The van der Waals surface area contributed by atoms with Crippen molar-refractivity contribution in [3.63, 3.8) is 0 Å². The number of hydrogen-bond acceptors (Lipinski definition) is 6. The number of methoxy groups -OCH3 is 1. The van der Waals surface area contributed by atoms with E-state index >= 15 is 0 Å². The highest BCUT2D eigenvalue weighted by atomic mass is 32.2. The summed E-state index contributed by atoms with van der Waals surface area (Å²) in [5.74, 6) is 0.406. The Morgan fingerprint density at radius 3 is 2.67 bits per heavy atom. The first-order valence-corrected chi connectivity index (χ1v) is 10.7. The molecule has 0 aliphatic carbocycles. The molecule has 1 fully saturated rings. The quantitative estimate of drug-likeness (QED) is 0.514. The number of amides is 1. The molecule has 0 bridgehead atoms. The van der Waals surface area contributed by atoms with Gasteiger partial charge in [0.05, 0.1) is 29.3 Å². The van der Waals surface area contributed by atoms with E-state index in [0.29, 0.717) is 32.8 Å². The number of rotatable bonds is 6. The zero-order valence-electron chi connectivity index (χ0n) is 17.5. The van der Waals surface area contributed by atoms with E-state index in [2.05, 4.69) is 16.4 Å². The number of amidine groups is 1. The average Bonchev–Trinajstić information content (AvgIpc) is 3.18. The summed E-state index contributed by atoms with van der Waals surface area (Å²) in [6.07, 6.45) is 1.73. The van der Waals surface area contributed by atoms with Crippen molar-refractivity contribution in [1.82, 2.24) is 5.32 Å². The number of carbonyl (C=O) groups is 1. The molecule has 4 rings (SSSR count). The van der Waals surface area contributed by atoms with E-state index in [1.54, 1.807) is 30.3 Å². The molecule has 0 radical (unpaired) electrons. The fraction of sp³-hybridized carbons (Fsp3) is 0.0800. The van der Waals surface area contributed by atoms with Crippen molar-refractivity contribution in [2.24, 2.45) is 4.99 Å². The second kappa shape index (κ2) is 10.0. The van der Waals surface area contributed by atoms with Gasteiger partial charge in [-0.25, -0.2) is 9.38 Å². The topological polar surface area (TPSA) is 83.7 Å². The van der Waals surface area contributed by atoms with E-state index in [1.807, 2.05) is 18.2 Å². The fourth-order valence-electron chi connectivity index (χ4n) is 3.07. The van der Waals surface area contributed by atoms with Gasteiger partial charge in [-0.15, -0.1) is 0 Å². The lowest BCUT2D eigenvalue weighted by Gasteiger charge is -2.12. The second-order valence-electron chi connectivity index (χ2n) is 6.93. The number of benzene rings is 3. The van der Waals surface area contributed by atoms with Crippen LogP contribution in [0.1, 0.15) is 16.7 Å². The van der Waals surface area contributed by atoms with E-state index in [9.17, 15) is 14.4 Å². The number of carbonyl (C=O) groups excluding carboxylic acids is 1. The van der Waals surface area contributed by atoms with Crippen LogP contribution in [0.2, 0.25) is 0 Å². The van der Waals surface area contributed by atoms with Gasteiger partial charge in [-0.05, 0) is 65.9 Å². The van der Waals surface area contributed by atoms with Gasteiger partial charge in [-0.2, -0.15) is 5.26 Å². The molecule has 164 valence electrons. The van der Waals surface area contributed by atoms with Gasteiger partial charge in [0.15, 0.2) is 16.7 Å². The molecule has 0 spiro atoms. The molecule has 33 heavy (non-hydrogen) atoms. The summed E-state index contributed by atoms with van der Waals surface area (Å²) < 4.78 is 24.4. The molecule has 1 aliphatic rings. The summed E-state index contributed by atoms with van der Waals surface area (Å²) in [5.41, 5.74) is 2.62. The molecule has 8 heteroatoms. The van der Waals surface area contributed by atoms with Crippen molar-refractivity contribution < 1.29 is 18.7 Å². The van der Waals surface area contributed by atoms with Crippen LogP contribution < -0.4 is 14.8 Å². The molecule has 6 nitrogen and oxygen atoms in total. The van der Waals surface area contributed by atoms with Gasteiger partial charge in [0, 0.05) is 5.56 Å². The van der Waals surface area contributed by atoms with Crippen molar-refractivity contribution >= 4 is 34.6 Å². The lowest BCUT2D eigenvalue weighted by atomic mass is 10.1. The summed E-state index contributed by atoms with van der Waals surface area (Å²) in [7, 11) is 1.53. The van der Waals surface area contributed by atoms with Gasteiger partial charge in [-0.3, -0.25) is 4.79 Å². The molecule has 0 saturated carbocycles. The van der Waals surface area contributed by atoms with Gasteiger partial charge < -0.3 is 14.8 Å². The molecule has 1 aliphatic heterocycles. The smallest absolute Gasteiger partial charge is 0.264 e. The SMILES string of the molecule is COc1cc(/C=C2/SC(=Nc3ccc(F)cc3)NC2=O)ccc1OCc1ccccc1C#N. The monoisotopic (exact) mass is 459 g/mol. The van der Waals surface area contributed by atoms with Crippen LogP contribution in [0.3, 0.4) is 0 Å². The van der Waals surface area contributed by atoms with Crippen molar-refractivity contribution in [2.75, 3.05) is 7.11 Å². The Hall–Kier alpha value is -4.09. The molecule has 0 aromatic heterocycles. The van der Waals surface area contributed by atoms with Crippen LogP contribution in [-0.2, 0) is 11.4 Å². The summed E-state index contributed by atoms with van der Waals surface area (Å²) in [6.45, 7) is 0.224. The Bertz CT molecular complexity index is 1300. The minimum absolute atomic E-state index is 0.224. The summed E-state index contributed by atoms with van der Waals surface area (Å²) in [6, 6.07) is 20.4. The van der Waals surface area contributed by atoms with E-state index < -0.39 is 0 Å². The first kappa shape index (κ1) is 22.1. The Balaban J connectivity index is 1.49. The second-order valence-corrected chi connectivity index (χ2v) is 7.96. The van der Waals surface area contributed by atoms with Crippen molar-refractivity contribution in [3.05, 3.63) is 94.1 Å². The first-order valence-electron chi connectivity index (χ1n) is 9.90. The van der Waals surface area contributed by atoms with Crippen LogP contribution >= 0.6 is 11.8 Å². The highest BCUT2D eigenvalue weighted by Crippen LogP contribution is 2.33. The Morgan fingerprint density at radius 2 is 1.91 bits per heavy atom. The number of aliphatic imine (C=N–C) groups is 1. The summed E-state index contributed by atoms with van der Waals surface area (Å²) >= 11 is 1.20. The number of halogens is 1. The lowest BCUT2D eigenvalue weighted by molar-refractivity contribution is -0.115. The largest absolute Gasteiger partial charge is 0.493 e. The van der Waals surface area contributed by atoms with Gasteiger partial charge in [0.25, 0.3) is 5.91 Å². The van der Waals surface area contributed by atoms with Gasteiger partial charge in [-0.1, -0.05) is 24.3 Å². The Labute approximate surface area is 194 Å². The lowest BCUT2D eigenvalue weighted by Crippen LogP contribution is -2.19. The molecule has 1 heterocycles. The minimum Gasteiger partial charge on any atom is -0.493 e. The van der Waals surface area contributed by atoms with Crippen molar-refractivity contribution in [3.8, 4) is 17.6 Å². The van der Waals surface area contributed by atoms with Crippen molar-refractivity contribution in [2.45, 2.75) is 6.61 Å². The maximum atomic E-state index is 13.1. The third kappa shape index (κ3) is 5.40. The predicted molar refractivity (Wildman–Crippen MR) is 126 cm³/mol. The van der Waals surface area contributed by atoms with Crippen LogP contribution in [-0.4, -0.2) is 18.2 Å². The number of nitriles is 1. The summed E-state index contributed by atoms with van der Waals surface area (Å²) in [4.78, 5) is 17.1. The number of nitrogens with one attached hydrogen (secondary N) is 1. The number of nitrogens with zero attached hydrogens (tertiary/aromatic N) is 2. The maximum Gasteiger partial charge on any atom is 0.264 e. The maximum absolute atomic E-state index is 13.1. The van der Waals surface area contributed by atoms with E-state index in [1.165, 1.54) is 43.1 Å². The molecule has 3 aromatic carbocycles. The minimum atomic E-state index is -0.349. The van der Waals surface area contributed by atoms with E-state index in [-0.39, 0.29) is 18.3 Å². The molecule has 0 atom stereocenters. The molecule has 1 saturated heterocycles.